The van der Waals surface area contributed by atoms with Gasteiger partial charge in [0.1, 0.15) is 6.04 Å². The van der Waals surface area contributed by atoms with E-state index in [1.807, 2.05) is 0 Å². The molecule has 9 heteroatoms. The molecule has 2 fully saturated rings. The first-order valence-corrected chi connectivity index (χ1v) is 9.95. The molecule has 2 aliphatic heterocycles. The monoisotopic (exact) mass is 362 g/mol. The Balaban J connectivity index is 2.17. The molecular formula is C15H26N2O6S. The molecule has 3 atom stereocenters. The third-order valence-electron chi connectivity index (χ3n) is 4.71. The summed E-state index contributed by atoms with van der Waals surface area (Å²) in [6.45, 7) is 2.45. The van der Waals surface area contributed by atoms with Crippen LogP contribution in [0.3, 0.4) is 0 Å². The van der Waals surface area contributed by atoms with E-state index in [9.17, 15) is 18.0 Å². The molecule has 24 heavy (non-hydrogen) atoms. The summed E-state index contributed by atoms with van der Waals surface area (Å²) in [5, 5.41) is 9.06. The molecule has 2 saturated heterocycles. The number of ether oxygens (including phenoxy) is 1. The molecule has 1 amide bonds. The number of hydrogen-bond donors (Lipinski definition) is 1. The fourth-order valence-corrected chi connectivity index (χ4v) is 5.34. The highest BCUT2D eigenvalue weighted by Crippen LogP contribution is 2.29. The highest BCUT2D eigenvalue weighted by atomic mass is 32.2. The second-order valence-corrected chi connectivity index (χ2v) is 8.46. The van der Waals surface area contributed by atoms with Gasteiger partial charge in [0.15, 0.2) is 0 Å². The van der Waals surface area contributed by atoms with Crippen molar-refractivity contribution in [3.05, 3.63) is 0 Å². The van der Waals surface area contributed by atoms with E-state index < -0.39 is 28.1 Å². The molecule has 0 radical (unpaired) electrons. The Hall–Kier alpha value is -1.19. The number of carboxylic acid groups (broad SMARTS) is 1. The molecule has 138 valence electrons. The van der Waals surface area contributed by atoms with Crippen LogP contribution in [0.25, 0.3) is 0 Å². The van der Waals surface area contributed by atoms with Crippen LogP contribution in [0.2, 0.25) is 0 Å². The molecule has 0 aromatic heterocycles. The molecule has 2 heterocycles. The molecule has 0 saturated carbocycles. The summed E-state index contributed by atoms with van der Waals surface area (Å²) in [5.74, 6) is -1.25. The number of methoxy groups -OCH3 is 1. The van der Waals surface area contributed by atoms with Crippen LogP contribution in [-0.2, 0) is 24.3 Å². The maximum atomic E-state index is 12.9. The molecular weight excluding hydrogens is 336 g/mol. The zero-order chi connectivity index (χ0) is 17.9. The van der Waals surface area contributed by atoms with Crippen LogP contribution in [0.5, 0.6) is 0 Å². The Bertz CT molecular complexity index is 579. The SMILES string of the molecule is CCCS(=O)(=O)N1CCCC1C(=O)N1CC(OC)CC1CC(=O)O. The van der Waals surface area contributed by atoms with Crippen LogP contribution in [0, 0.1) is 0 Å². The van der Waals surface area contributed by atoms with Crippen molar-refractivity contribution >= 4 is 21.9 Å². The number of sulfonamides is 1. The fraction of sp³-hybridized carbons (Fsp3) is 0.867. The van der Waals surface area contributed by atoms with Crippen LogP contribution in [0.15, 0.2) is 0 Å². The van der Waals surface area contributed by atoms with Crippen molar-refractivity contribution in [2.75, 3.05) is 26.0 Å². The van der Waals surface area contributed by atoms with Crippen molar-refractivity contribution in [2.45, 2.75) is 57.2 Å². The first kappa shape index (κ1) is 19.1. The van der Waals surface area contributed by atoms with E-state index in [4.69, 9.17) is 9.84 Å². The molecule has 0 aromatic carbocycles. The highest BCUT2D eigenvalue weighted by Gasteiger charge is 2.44. The average Bonchev–Trinajstić information content (AvgIpc) is 3.12. The van der Waals surface area contributed by atoms with Gasteiger partial charge in [-0.2, -0.15) is 4.31 Å². The lowest BCUT2D eigenvalue weighted by atomic mass is 10.1. The second kappa shape index (κ2) is 7.79. The van der Waals surface area contributed by atoms with Gasteiger partial charge in [-0.15, -0.1) is 0 Å². The van der Waals surface area contributed by atoms with Gasteiger partial charge in [0.2, 0.25) is 15.9 Å². The van der Waals surface area contributed by atoms with Crippen molar-refractivity contribution in [3.63, 3.8) is 0 Å². The minimum absolute atomic E-state index is 0.0238. The Morgan fingerprint density at radius 2 is 2.04 bits per heavy atom. The first-order valence-electron chi connectivity index (χ1n) is 8.34. The van der Waals surface area contributed by atoms with Crippen LogP contribution in [0.4, 0.5) is 0 Å². The predicted octanol–water partition coefficient (Wildman–Crippen LogP) is 0.281. The number of carbonyl (C=O) groups is 2. The smallest absolute Gasteiger partial charge is 0.305 e. The predicted molar refractivity (Wildman–Crippen MR) is 87.0 cm³/mol. The van der Waals surface area contributed by atoms with Gasteiger partial charge in [-0.3, -0.25) is 9.59 Å². The van der Waals surface area contributed by atoms with Gasteiger partial charge >= 0.3 is 5.97 Å². The van der Waals surface area contributed by atoms with Gasteiger partial charge in [-0.05, 0) is 25.7 Å². The van der Waals surface area contributed by atoms with Gasteiger partial charge in [0, 0.05) is 26.2 Å². The molecule has 3 unspecified atom stereocenters. The summed E-state index contributed by atoms with van der Waals surface area (Å²) >= 11 is 0. The zero-order valence-corrected chi connectivity index (χ0v) is 15.0. The summed E-state index contributed by atoms with van der Waals surface area (Å²) in [6, 6.07) is -1.16. The van der Waals surface area contributed by atoms with Crippen LogP contribution < -0.4 is 0 Å². The largest absolute Gasteiger partial charge is 0.481 e. The average molecular weight is 362 g/mol. The van der Waals surface area contributed by atoms with Crippen LogP contribution in [-0.4, -0.2) is 78.7 Å². The summed E-state index contributed by atoms with van der Waals surface area (Å²) in [6.07, 6.45) is 1.72. The van der Waals surface area contributed by atoms with Gasteiger partial charge in [-0.25, -0.2) is 8.42 Å². The van der Waals surface area contributed by atoms with Gasteiger partial charge < -0.3 is 14.7 Å². The molecule has 0 aromatic rings. The Morgan fingerprint density at radius 1 is 1.33 bits per heavy atom. The number of nitrogens with zero attached hydrogens (tertiary/aromatic N) is 2. The molecule has 1 N–H and O–H groups in total. The molecule has 2 rings (SSSR count). The lowest BCUT2D eigenvalue weighted by Crippen LogP contribution is -2.50. The van der Waals surface area contributed by atoms with Crippen LogP contribution >= 0.6 is 0 Å². The molecule has 2 aliphatic rings. The maximum Gasteiger partial charge on any atom is 0.305 e. The second-order valence-electron chi connectivity index (χ2n) is 6.42. The van der Waals surface area contributed by atoms with Crippen LogP contribution in [0.1, 0.15) is 39.0 Å². The summed E-state index contributed by atoms with van der Waals surface area (Å²) in [5.41, 5.74) is 0. The van der Waals surface area contributed by atoms with Crippen molar-refractivity contribution in [1.82, 2.24) is 9.21 Å². The lowest BCUT2D eigenvalue weighted by Gasteiger charge is -2.30. The van der Waals surface area contributed by atoms with Gasteiger partial charge in [0.05, 0.1) is 18.3 Å². The lowest BCUT2D eigenvalue weighted by molar-refractivity contribution is -0.141. The number of hydrogen-bond acceptors (Lipinski definition) is 5. The molecule has 0 aliphatic carbocycles. The number of rotatable bonds is 7. The molecule has 8 nitrogen and oxygen atoms in total. The van der Waals surface area contributed by atoms with E-state index in [2.05, 4.69) is 0 Å². The Labute approximate surface area is 142 Å². The molecule has 0 spiro atoms. The third-order valence-corrected chi connectivity index (χ3v) is 6.79. The number of carbonyl (C=O) groups excluding carboxylic acids is 1. The molecule has 0 bridgehead atoms. The number of aliphatic carboxylic acids is 1. The van der Waals surface area contributed by atoms with Crippen molar-refractivity contribution in [1.29, 1.82) is 0 Å². The summed E-state index contributed by atoms with van der Waals surface area (Å²) < 4.78 is 31.3. The topological polar surface area (TPSA) is 104 Å². The minimum Gasteiger partial charge on any atom is -0.481 e. The van der Waals surface area contributed by atoms with Crippen molar-refractivity contribution in [2.24, 2.45) is 0 Å². The van der Waals surface area contributed by atoms with E-state index in [-0.39, 0.29) is 24.2 Å². The quantitative estimate of drug-likeness (QED) is 0.698. The minimum atomic E-state index is -3.46. The number of carboxylic acids is 1. The number of likely N-dealkylation sites (tertiary alicyclic amines) is 1. The van der Waals surface area contributed by atoms with Crippen molar-refractivity contribution in [3.8, 4) is 0 Å². The summed E-state index contributed by atoms with van der Waals surface area (Å²) in [7, 11) is -1.92. The van der Waals surface area contributed by atoms with E-state index in [0.717, 1.165) is 0 Å². The maximum absolute atomic E-state index is 12.9. The van der Waals surface area contributed by atoms with Gasteiger partial charge in [-0.1, -0.05) is 6.92 Å². The van der Waals surface area contributed by atoms with E-state index in [0.29, 0.717) is 38.8 Å². The third kappa shape index (κ3) is 4.07. The van der Waals surface area contributed by atoms with Crippen molar-refractivity contribution < 1.29 is 27.9 Å². The first-order chi connectivity index (χ1) is 11.3. The summed E-state index contributed by atoms with van der Waals surface area (Å²) in [4.78, 5) is 25.5. The van der Waals surface area contributed by atoms with E-state index in [1.54, 1.807) is 6.92 Å². The van der Waals surface area contributed by atoms with Gasteiger partial charge in [0.25, 0.3) is 0 Å². The van der Waals surface area contributed by atoms with E-state index in [1.165, 1.54) is 16.3 Å². The fourth-order valence-electron chi connectivity index (χ4n) is 3.60. The Morgan fingerprint density at radius 3 is 2.62 bits per heavy atom. The number of amides is 1. The Kier molecular flexibility index (Phi) is 6.22. The normalized spacial score (nSPS) is 28.4. The highest BCUT2D eigenvalue weighted by molar-refractivity contribution is 7.89. The zero-order valence-electron chi connectivity index (χ0n) is 14.2. The standard InChI is InChI=1S/C15H26N2O6S/c1-3-7-24(21,22)17-6-4-5-13(17)15(20)16-10-12(23-2)8-11(16)9-14(18)19/h11-13H,3-10H2,1-2H3,(H,18,19). The van der Waals surface area contributed by atoms with E-state index >= 15 is 0 Å².